The van der Waals surface area contributed by atoms with E-state index >= 15 is 0 Å². The molecule has 0 unspecified atom stereocenters. The molecule has 1 fully saturated rings. The van der Waals surface area contributed by atoms with Crippen LogP contribution in [-0.2, 0) is 16.0 Å². The van der Waals surface area contributed by atoms with Crippen LogP contribution in [0, 0.1) is 5.92 Å². The first-order chi connectivity index (χ1) is 9.58. The van der Waals surface area contributed by atoms with E-state index < -0.39 is 11.6 Å². The van der Waals surface area contributed by atoms with Crippen LogP contribution in [-0.4, -0.2) is 36.4 Å². The fourth-order valence-electron chi connectivity index (χ4n) is 3.04. The first-order valence-electron chi connectivity index (χ1n) is 7.14. The van der Waals surface area contributed by atoms with Gasteiger partial charge in [0.1, 0.15) is 0 Å². The average molecular weight is 277 g/mol. The van der Waals surface area contributed by atoms with Gasteiger partial charge in [0.05, 0.1) is 0 Å². The van der Waals surface area contributed by atoms with Crippen molar-refractivity contribution in [2.45, 2.75) is 37.8 Å². The van der Waals surface area contributed by atoms with Gasteiger partial charge in [0.2, 0.25) is 0 Å². The maximum atomic E-state index is 11.7. The predicted molar refractivity (Wildman–Crippen MR) is 77.7 cm³/mol. The topological polar surface area (TPSA) is 58.6 Å². The van der Waals surface area contributed by atoms with E-state index in [1.807, 2.05) is 30.3 Å². The molecule has 4 heteroatoms. The molecule has 1 aromatic carbocycles. The highest BCUT2D eigenvalue weighted by molar-refractivity contribution is 5.77. The van der Waals surface area contributed by atoms with E-state index in [1.54, 1.807) is 6.92 Å². The summed E-state index contributed by atoms with van der Waals surface area (Å²) in [5, 5.41) is 13.0. The third-order valence-electron chi connectivity index (χ3n) is 4.44. The fourth-order valence-corrected chi connectivity index (χ4v) is 3.04. The van der Waals surface area contributed by atoms with Crippen LogP contribution in [0.5, 0.6) is 0 Å². The van der Waals surface area contributed by atoms with Gasteiger partial charge in [-0.05, 0) is 38.3 Å². The van der Waals surface area contributed by atoms with Gasteiger partial charge in [-0.2, -0.15) is 0 Å². The minimum absolute atomic E-state index is 0.0881. The largest absolute Gasteiger partial charge is 0.479 e. The number of nitrogens with one attached hydrogen (secondary N) is 1. The predicted octanol–water partition coefficient (Wildman–Crippen LogP) is 2.09. The number of carboxylic acid groups (broad SMARTS) is 1. The molecule has 1 aliphatic rings. The second-order valence-corrected chi connectivity index (χ2v) is 5.62. The maximum Gasteiger partial charge on any atom is 0.336 e. The molecular weight excluding hydrogens is 254 g/mol. The van der Waals surface area contributed by atoms with E-state index in [0.717, 1.165) is 24.9 Å². The quantitative estimate of drug-likeness (QED) is 0.836. The number of hydrogen-bond acceptors (Lipinski definition) is 3. The molecule has 3 atom stereocenters. The Morgan fingerprint density at radius 3 is 2.70 bits per heavy atom. The molecule has 1 aliphatic heterocycles. The Bertz CT molecular complexity index is 442. The van der Waals surface area contributed by atoms with Crippen molar-refractivity contribution in [3.8, 4) is 0 Å². The molecule has 0 bridgehead atoms. The highest BCUT2D eigenvalue weighted by Gasteiger charge is 2.46. The first-order valence-corrected chi connectivity index (χ1v) is 7.14. The number of aliphatic carboxylic acids is 1. The van der Waals surface area contributed by atoms with Crippen molar-refractivity contribution in [1.29, 1.82) is 0 Å². The van der Waals surface area contributed by atoms with Gasteiger partial charge in [0.25, 0.3) is 0 Å². The molecule has 0 spiro atoms. The summed E-state index contributed by atoms with van der Waals surface area (Å²) >= 11 is 0. The molecule has 4 nitrogen and oxygen atoms in total. The minimum Gasteiger partial charge on any atom is -0.479 e. The molecule has 0 amide bonds. The number of carboxylic acids is 1. The highest BCUT2D eigenvalue weighted by Crippen LogP contribution is 2.32. The molecule has 0 saturated carbocycles. The SMILES string of the molecule is CO[C@@](C)(C(=O)O)[C@@H](Cc1ccccc1)[C@@H]1CCCN1. The Balaban J connectivity index is 2.26. The summed E-state index contributed by atoms with van der Waals surface area (Å²) < 4.78 is 5.41. The zero-order valence-corrected chi connectivity index (χ0v) is 12.1. The Morgan fingerprint density at radius 2 is 2.20 bits per heavy atom. The molecular formula is C16H23NO3. The lowest BCUT2D eigenvalue weighted by Gasteiger charge is -2.36. The fraction of sp³-hybridized carbons (Fsp3) is 0.562. The van der Waals surface area contributed by atoms with Crippen molar-refractivity contribution >= 4 is 5.97 Å². The smallest absolute Gasteiger partial charge is 0.336 e. The van der Waals surface area contributed by atoms with Crippen LogP contribution in [0.2, 0.25) is 0 Å². The summed E-state index contributed by atoms with van der Waals surface area (Å²) in [6.07, 6.45) is 2.80. The van der Waals surface area contributed by atoms with Gasteiger partial charge in [-0.3, -0.25) is 0 Å². The van der Waals surface area contributed by atoms with Gasteiger partial charge in [-0.1, -0.05) is 30.3 Å². The lowest BCUT2D eigenvalue weighted by molar-refractivity contribution is -0.168. The molecule has 2 N–H and O–H groups in total. The molecule has 2 rings (SSSR count). The summed E-state index contributed by atoms with van der Waals surface area (Å²) in [4.78, 5) is 11.7. The number of hydrogen-bond donors (Lipinski definition) is 2. The zero-order chi connectivity index (χ0) is 14.6. The van der Waals surface area contributed by atoms with Crippen LogP contribution in [0.25, 0.3) is 0 Å². The molecule has 0 radical (unpaired) electrons. The van der Waals surface area contributed by atoms with Gasteiger partial charge in [-0.25, -0.2) is 4.79 Å². The molecule has 0 aliphatic carbocycles. The van der Waals surface area contributed by atoms with Crippen molar-refractivity contribution in [3.63, 3.8) is 0 Å². The number of ether oxygens (including phenoxy) is 1. The second kappa shape index (κ2) is 6.37. The molecule has 1 heterocycles. The first kappa shape index (κ1) is 15.0. The third kappa shape index (κ3) is 3.02. The molecule has 1 saturated heterocycles. The van der Waals surface area contributed by atoms with Crippen LogP contribution in [0.4, 0.5) is 0 Å². The van der Waals surface area contributed by atoms with Crippen LogP contribution in [0.3, 0.4) is 0 Å². The summed E-state index contributed by atoms with van der Waals surface area (Å²) in [5.74, 6) is -0.982. The van der Waals surface area contributed by atoms with Gasteiger partial charge in [0.15, 0.2) is 5.60 Å². The number of methoxy groups -OCH3 is 1. The Labute approximate surface area is 120 Å². The maximum absolute atomic E-state index is 11.7. The summed E-state index contributed by atoms with van der Waals surface area (Å²) in [6.45, 7) is 2.64. The van der Waals surface area contributed by atoms with Gasteiger partial charge >= 0.3 is 5.97 Å². The lowest BCUT2D eigenvalue weighted by atomic mass is 9.78. The van der Waals surface area contributed by atoms with Crippen molar-refractivity contribution < 1.29 is 14.6 Å². The molecule has 0 aromatic heterocycles. The Kier molecular flexibility index (Phi) is 4.78. The normalized spacial score (nSPS) is 23.2. The van der Waals surface area contributed by atoms with Gasteiger partial charge < -0.3 is 15.2 Å². The number of rotatable bonds is 6. The Hall–Kier alpha value is -1.39. The van der Waals surface area contributed by atoms with Crippen molar-refractivity contribution in [2.24, 2.45) is 5.92 Å². The highest BCUT2D eigenvalue weighted by atomic mass is 16.5. The summed E-state index contributed by atoms with van der Waals surface area (Å²) in [5.41, 5.74) is -0.0200. The van der Waals surface area contributed by atoms with E-state index in [1.165, 1.54) is 7.11 Å². The lowest BCUT2D eigenvalue weighted by Crippen LogP contribution is -2.53. The monoisotopic (exact) mass is 277 g/mol. The zero-order valence-electron chi connectivity index (χ0n) is 12.1. The third-order valence-corrected chi connectivity index (χ3v) is 4.44. The molecule has 20 heavy (non-hydrogen) atoms. The van der Waals surface area contributed by atoms with Crippen molar-refractivity contribution in [1.82, 2.24) is 5.32 Å². The Morgan fingerprint density at radius 1 is 1.50 bits per heavy atom. The van der Waals surface area contributed by atoms with E-state index in [4.69, 9.17) is 4.74 Å². The second-order valence-electron chi connectivity index (χ2n) is 5.62. The number of benzene rings is 1. The standard InChI is InChI=1S/C16H23NO3/c1-16(20-2,15(18)19)13(14-9-6-10-17-14)11-12-7-4-3-5-8-12/h3-5,7-8,13-14,17H,6,9-11H2,1-2H3,(H,18,19)/t13-,14-,16+/m0/s1. The minimum atomic E-state index is -1.17. The van der Waals surface area contributed by atoms with Crippen molar-refractivity contribution in [3.05, 3.63) is 35.9 Å². The van der Waals surface area contributed by atoms with E-state index in [2.05, 4.69) is 5.32 Å². The van der Waals surface area contributed by atoms with Gasteiger partial charge in [-0.15, -0.1) is 0 Å². The van der Waals surface area contributed by atoms with Crippen LogP contribution in [0.15, 0.2) is 30.3 Å². The summed E-state index contributed by atoms with van der Waals surface area (Å²) in [7, 11) is 1.49. The van der Waals surface area contributed by atoms with E-state index in [9.17, 15) is 9.90 Å². The van der Waals surface area contributed by atoms with Crippen molar-refractivity contribution in [2.75, 3.05) is 13.7 Å². The summed E-state index contributed by atoms with van der Waals surface area (Å²) in [6, 6.07) is 10.2. The molecule has 1 aromatic rings. The molecule has 110 valence electrons. The van der Waals surface area contributed by atoms with Crippen LogP contribution >= 0.6 is 0 Å². The average Bonchev–Trinajstić information content (AvgIpc) is 2.98. The van der Waals surface area contributed by atoms with Gasteiger partial charge in [0, 0.05) is 19.1 Å². The number of carbonyl (C=O) groups is 1. The van der Waals surface area contributed by atoms with E-state index in [0.29, 0.717) is 6.42 Å². The van der Waals surface area contributed by atoms with E-state index in [-0.39, 0.29) is 12.0 Å². The van der Waals surface area contributed by atoms with Crippen LogP contribution in [0.1, 0.15) is 25.3 Å². The van der Waals surface area contributed by atoms with Crippen LogP contribution < -0.4 is 5.32 Å².